The van der Waals surface area contributed by atoms with Crippen LogP contribution in [0.5, 0.6) is 0 Å². The molecular weight excluding hydrogens is 340 g/mol. The van der Waals surface area contributed by atoms with E-state index < -0.39 is 5.60 Å². The Hall–Kier alpha value is -3.08. The Labute approximate surface area is 160 Å². The van der Waals surface area contributed by atoms with Crippen molar-refractivity contribution in [1.82, 2.24) is 0 Å². The van der Waals surface area contributed by atoms with Crippen LogP contribution in [0.25, 0.3) is 6.08 Å². The molecule has 0 aromatic heterocycles. The van der Waals surface area contributed by atoms with E-state index in [0.717, 1.165) is 11.1 Å². The molecule has 0 radical (unpaired) electrons. The highest BCUT2D eigenvalue weighted by Crippen LogP contribution is 2.22. The van der Waals surface area contributed by atoms with E-state index in [1.165, 1.54) is 6.08 Å². The molecule has 5 heteroatoms. The molecule has 142 valence electrons. The van der Waals surface area contributed by atoms with Crippen LogP contribution in [0.2, 0.25) is 0 Å². The molecule has 0 aliphatic heterocycles. The molecule has 2 aromatic rings. The van der Waals surface area contributed by atoms with Crippen molar-refractivity contribution in [2.24, 2.45) is 0 Å². The van der Waals surface area contributed by atoms with E-state index in [9.17, 15) is 9.59 Å². The molecule has 3 N–H and O–H groups in total. The summed E-state index contributed by atoms with van der Waals surface area (Å²) in [6, 6.07) is 14.6. The van der Waals surface area contributed by atoms with Gasteiger partial charge in [0.15, 0.2) is 0 Å². The van der Waals surface area contributed by atoms with Gasteiger partial charge in [-0.05, 0) is 57.0 Å². The number of nitrogens with one attached hydrogen (secondary N) is 1. The number of carbonyl (C=O) groups excluding carboxylic acids is 2. The quantitative estimate of drug-likeness (QED) is 0.468. The summed E-state index contributed by atoms with van der Waals surface area (Å²) in [6.45, 7) is 7.30. The van der Waals surface area contributed by atoms with E-state index >= 15 is 0 Å². The van der Waals surface area contributed by atoms with Crippen molar-refractivity contribution in [3.8, 4) is 0 Å². The fourth-order valence-electron chi connectivity index (χ4n) is 2.40. The number of ether oxygens (including phenoxy) is 1. The minimum Gasteiger partial charge on any atom is -0.457 e. The maximum atomic E-state index is 12.5. The summed E-state index contributed by atoms with van der Waals surface area (Å²) in [4.78, 5) is 24.2. The van der Waals surface area contributed by atoms with Gasteiger partial charge in [0.1, 0.15) is 5.60 Å². The zero-order chi connectivity index (χ0) is 20.0. The molecule has 0 heterocycles. The summed E-state index contributed by atoms with van der Waals surface area (Å²) in [6.07, 6.45) is 3.09. The van der Waals surface area contributed by atoms with Gasteiger partial charge in [-0.25, -0.2) is 4.79 Å². The Morgan fingerprint density at radius 3 is 2.30 bits per heavy atom. The van der Waals surface area contributed by atoms with Crippen LogP contribution in [0.1, 0.15) is 44.7 Å². The van der Waals surface area contributed by atoms with E-state index in [2.05, 4.69) is 5.32 Å². The molecule has 1 atom stereocenters. The number of para-hydroxylation sites is 2. The van der Waals surface area contributed by atoms with Crippen LogP contribution in [0.4, 0.5) is 11.4 Å². The molecule has 2 rings (SSSR count). The average Bonchev–Trinajstić information content (AvgIpc) is 2.60. The van der Waals surface area contributed by atoms with E-state index in [1.807, 2.05) is 64.1 Å². The van der Waals surface area contributed by atoms with Gasteiger partial charge in [0.05, 0.1) is 17.3 Å². The molecule has 0 bridgehead atoms. The molecule has 1 amide bonds. The Bertz CT molecular complexity index is 833. The SMILES string of the molecule is C[C@@H](C(=O)Nc1ccccc1N)c1ccc(C=CC(=O)OC(C)(C)C)cc1. The lowest BCUT2D eigenvalue weighted by atomic mass is 9.98. The number of nitrogen functional groups attached to an aromatic ring is 1. The average molecular weight is 366 g/mol. The van der Waals surface area contributed by atoms with Crippen molar-refractivity contribution in [3.05, 3.63) is 65.7 Å². The van der Waals surface area contributed by atoms with Crippen molar-refractivity contribution in [3.63, 3.8) is 0 Å². The molecule has 0 fully saturated rings. The number of carbonyl (C=O) groups is 2. The number of rotatable bonds is 5. The molecule has 0 saturated heterocycles. The molecule has 2 aromatic carbocycles. The summed E-state index contributed by atoms with van der Waals surface area (Å²) in [5.74, 6) is -0.863. The molecule has 0 spiro atoms. The van der Waals surface area contributed by atoms with Crippen molar-refractivity contribution in [2.45, 2.75) is 39.2 Å². The van der Waals surface area contributed by atoms with Gasteiger partial charge in [-0.1, -0.05) is 36.4 Å². The maximum Gasteiger partial charge on any atom is 0.331 e. The van der Waals surface area contributed by atoms with Gasteiger partial charge >= 0.3 is 5.97 Å². The van der Waals surface area contributed by atoms with Crippen LogP contribution in [0.15, 0.2) is 54.6 Å². The molecule has 27 heavy (non-hydrogen) atoms. The summed E-state index contributed by atoms with van der Waals surface area (Å²) >= 11 is 0. The van der Waals surface area contributed by atoms with Crippen LogP contribution in [0.3, 0.4) is 0 Å². The number of amides is 1. The molecule has 0 saturated carbocycles. The third-order valence-corrected chi connectivity index (χ3v) is 3.87. The number of hydrogen-bond donors (Lipinski definition) is 2. The van der Waals surface area contributed by atoms with Crippen molar-refractivity contribution >= 4 is 29.3 Å². The molecule has 5 nitrogen and oxygen atoms in total. The third-order valence-electron chi connectivity index (χ3n) is 3.87. The van der Waals surface area contributed by atoms with Crippen molar-refractivity contribution in [2.75, 3.05) is 11.1 Å². The van der Waals surface area contributed by atoms with E-state index in [1.54, 1.807) is 18.2 Å². The normalized spacial score (nSPS) is 12.6. The van der Waals surface area contributed by atoms with E-state index in [0.29, 0.717) is 11.4 Å². The van der Waals surface area contributed by atoms with Crippen LogP contribution in [-0.2, 0) is 14.3 Å². The lowest BCUT2D eigenvalue weighted by molar-refractivity contribution is -0.148. The van der Waals surface area contributed by atoms with Gasteiger partial charge in [0, 0.05) is 6.08 Å². The highest BCUT2D eigenvalue weighted by molar-refractivity contribution is 5.97. The zero-order valence-corrected chi connectivity index (χ0v) is 16.2. The fourth-order valence-corrected chi connectivity index (χ4v) is 2.40. The summed E-state index contributed by atoms with van der Waals surface area (Å²) in [7, 11) is 0. The Morgan fingerprint density at radius 2 is 1.70 bits per heavy atom. The van der Waals surface area contributed by atoms with Gasteiger partial charge in [-0.15, -0.1) is 0 Å². The number of hydrogen-bond acceptors (Lipinski definition) is 4. The topological polar surface area (TPSA) is 81.4 Å². The lowest BCUT2D eigenvalue weighted by Crippen LogP contribution is -2.22. The summed E-state index contributed by atoms with van der Waals surface area (Å²) < 4.78 is 5.23. The summed E-state index contributed by atoms with van der Waals surface area (Å²) in [5.41, 5.74) is 8.20. The van der Waals surface area contributed by atoms with Gasteiger partial charge < -0.3 is 15.8 Å². The maximum absolute atomic E-state index is 12.5. The second kappa shape index (κ2) is 8.54. The zero-order valence-electron chi connectivity index (χ0n) is 16.2. The van der Waals surface area contributed by atoms with E-state index in [-0.39, 0.29) is 17.8 Å². The second-order valence-electron chi connectivity index (χ2n) is 7.33. The van der Waals surface area contributed by atoms with Gasteiger partial charge in [0.25, 0.3) is 0 Å². The van der Waals surface area contributed by atoms with Crippen LogP contribution < -0.4 is 11.1 Å². The molecule has 0 unspecified atom stereocenters. The lowest BCUT2D eigenvalue weighted by Gasteiger charge is -2.17. The summed E-state index contributed by atoms with van der Waals surface area (Å²) in [5, 5.41) is 2.85. The Kier molecular flexibility index (Phi) is 6.40. The van der Waals surface area contributed by atoms with Crippen LogP contribution in [0, 0.1) is 0 Å². The van der Waals surface area contributed by atoms with Crippen molar-refractivity contribution in [1.29, 1.82) is 0 Å². The fraction of sp³-hybridized carbons (Fsp3) is 0.273. The highest BCUT2D eigenvalue weighted by Gasteiger charge is 2.16. The highest BCUT2D eigenvalue weighted by atomic mass is 16.6. The molecule has 0 aliphatic carbocycles. The Balaban J connectivity index is 2.00. The molecule has 0 aliphatic rings. The van der Waals surface area contributed by atoms with Crippen molar-refractivity contribution < 1.29 is 14.3 Å². The Morgan fingerprint density at radius 1 is 1.07 bits per heavy atom. The van der Waals surface area contributed by atoms with Gasteiger partial charge in [-0.3, -0.25) is 4.79 Å². The number of anilines is 2. The predicted octanol–water partition coefficient (Wildman–Crippen LogP) is 4.37. The minimum absolute atomic E-state index is 0.134. The second-order valence-corrected chi connectivity index (χ2v) is 7.33. The third kappa shape index (κ3) is 6.29. The van der Waals surface area contributed by atoms with Crippen LogP contribution >= 0.6 is 0 Å². The van der Waals surface area contributed by atoms with E-state index in [4.69, 9.17) is 10.5 Å². The van der Waals surface area contributed by atoms with Crippen LogP contribution in [-0.4, -0.2) is 17.5 Å². The largest absolute Gasteiger partial charge is 0.457 e. The standard InChI is InChI=1S/C22H26N2O3/c1-15(21(26)24-19-8-6-5-7-18(19)23)17-12-9-16(10-13-17)11-14-20(25)27-22(2,3)4/h5-15H,23H2,1-4H3,(H,24,26)/t15-/m1/s1. The smallest absolute Gasteiger partial charge is 0.331 e. The first-order valence-corrected chi connectivity index (χ1v) is 8.82. The first-order chi connectivity index (χ1) is 12.7. The number of esters is 1. The first kappa shape index (κ1) is 20.2. The van der Waals surface area contributed by atoms with Gasteiger partial charge in [0.2, 0.25) is 5.91 Å². The first-order valence-electron chi connectivity index (χ1n) is 8.82. The number of nitrogens with two attached hydrogens (primary N) is 1. The molecular formula is C22H26N2O3. The monoisotopic (exact) mass is 366 g/mol. The van der Waals surface area contributed by atoms with Gasteiger partial charge in [-0.2, -0.15) is 0 Å². The minimum atomic E-state index is -0.518. The predicted molar refractivity (Wildman–Crippen MR) is 109 cm³/mol. The number of benzene rings is 2.